The van der Waals surface area contributed by atoms with Gasteiger partial charge in [0, 0.05) is 48.4 Å². The van der Waals surface area contributed by atoms with E-state index in [1.54, 1.807) is 6.07 Å². The largest absolute Gasteiger partial charge is 0.338 e. The summed E-state index contributed by atoms with van der Waals surface area (Å²) in [6.45, 7) is 6.21. The third-order valence-corrected chi connectivity index (χ3v) is 6.02. The van der Waals surface area contributed by atoms with Crippen molar-refractivity contribution in [3.63, 3.8) is 0 Å². The van der Waals surface area contributed by atoms with Crippen molar-refractivity contribution in [2.45, 2.75) is 20.0 Å². The van der Waals surface area contributed by atoms with Crippen LogP contribution in [0.4, 0.5) is 4.39 Å². The molecule has 3 heterocycles. The van der Waals surface area contributed by atoms with Gasteiger partial charge in [0.05, 0.1) is 5.92 Å². The first kappa shape index (κ1) is 15.8. The minimum Gasteiger partial charge on any atom is -0.338 e. The highest BCUT2D eigenvalue weighted by Crippen LogP contribution is 2.34. The molecule has 2 fully saturated rings. The van der Waals surface area contributed by atoms with E-state index in [0.29, 0.717) is 12.5 Å². The summed E-state index contributed by atoms with van der Waals surface area (Å²) in [5, 5.41) is 0. The predicted molar refractivity (Wildman–Crippen MR) is 93.1 cm³/mol. The Bertz CT molecular complexity index is 759. The average molecular weight is 344 g/mol. The quantitative estimate of drug-likeness (QED) is 0.850. The van der Waals surface area contributed by atoms with Gasteiger partial charge in [0.15, 0.2) is 0 Å². The van der Waals surface area contributed by atoms with E-state index in [1.807, 2.05) is 22.3 Å². The number of halogens is 1. The smallest absolute Gasteiger partial charge is 0.227 e. The summed E-state index contributed by atoms with van der Waals surface area (Å²) >= 11 is 1.83. The lowest BCUT2D eigenvalue weighted by Gasteiger charge is -2.21. The number of rotatable bonds is 4. The summed E-state index contributed by atoms with van der Waals surface area (Å²) in [6.07, 6.45) is 0. The minimum absolute atomic E-state index is 0.111. The molecule has 5 heteroatoms. The Morgan fingerprint density at radius 1 is 1.17 bits per heavy atom. The Morgan fingerprint density at radius 3 is 2.75 bits per heavy atom. The number of nitrogens with zero attached hydrogens (tertiary/aromatic N) is 2. The first-order valence-corrected chi connectivity index (χ1v) is 9.21. The standard InChI is InChI=1S/C19H21FN2OS/c1-13-5-6-17(24-13)11-21-9-15-10-22(19(23)18(15)12-21)8-14-3-2-4-16(20)7-14/h2-7,15,18H,8-12H2,1H3/t15-,18-/m0/s1. The molecule has 0 unspecified atom stereocenters. The number of aryl methyl sites for hydroxylation is 1. The molecule has 1 aromatic carbocycles. The molecule has 0 radical (unpaired) electrons. The van der Waals surface area contributed by atoms with Crippen molar-refractivity contribution in [2.75, 3.05) is 19.6 Å². The molecular weight excluding hydrogens is 323 g/mol. The van der Waals surface area contributed by atoms with Crippen molar-refractivity contribution in [2.24, 2.45) is 11.8 Å². The highest BCUT2D eigenvalue weighted by atomic mass is 32.1. The van der Waals surface area contributed by atoms with Crippen LogP contribution >= 0.6 is 11.3 Å². The van der Waals surface area contributed by atoms with E-state index in [0.717, 1.165) is 31.7 Å². The summed E-state index contributed by atoms with van der Waals surface area (Å²) in [7, 11) is 0. The Morgan fingerprint density at radius 2 is 2.04 bits per heavy atom. The highest BCUT2D eigenvalue weighted by Gasteiger charge is 2.45. The topological polar surface area (TPSA) is 23.6 Å². The van der Waals surface area contributed by atoms with Gasteiger partial charge >= 0.3 is 0 Å². The lowest BCUT2D eigenvalue weighted by atomic mass is 10.0. The zero-order valence-electron chi connectivity index (χ0n) is 13.7. The number of fused-ring (bicyclic) bond motifs is 1. The molecule has 1 aromatic heterocycles. The van der Waals surface area contributed by atoms with Crippen LogP contribution in [0, 0.1) is 24.6 Å². The van der Waals surface area contributed by atoms with Crippen LogP contribution in [0.1, 0.15) is 15.3 Å². The van der Waals surface area contributed by atoms with Gasteiger partial charge in [0.25, 0.3) is 0 Å². The van der Waals surface area contributed by atoms with E-state index in [-0.39, 0.29) is 17.6 Å². The minimum atomic E-state index is -0.239. The average Bonchev–Trinajstić information content (AvgIpc) is 3.19. The van der Waals surface area contributed by atoms with Crippen molar-refractivity contribution in [1.82, 2.24) is 9.80 Å². The molecule has 126 valence electrons. The van der Waals surface area contributed by atoms with E-state index < -0.39 is 0 Å². The maximum absolute atomic E-state index is 13.3. The summed E-state index contributed by atoms with van der Waals surface area (Å²) in [5.41, 5.74) is 0.870. The van der Waals surface area contributed by atoms with E-state index in [1.165, 1.54) is 21.9 Å². The zero-order valence-corrected chi connectivity index (χ0v) is 14.6. The number of amides is 1. The van der Waals surface area contributed by atoms with E-state index in [2.05, 4.69) is 24.0 Å². The number of likely N-dealkylation sites (tertiary alicyclic amines) is 2. The second-order valence-corrected chi connectivity index (χ2v) is 8.29. The van der Waals surface area contributed by atoms with Crippen molar-refractivity contribution < 1.29 is 9.18 Å². The van der Waals surface area contributed by atoms with Crippen LogP contribution in [0.5, 0.6) is 0 Å². The summed E-state index contributed by atoms with van der Waals surface area (Å²) < 4.78 is 13.3. The first-order chi connectivity index (χ1) is 11.6. The number of hydrogen-bond donors (Lipinski definition) is 0. The Kier molecular flexibility index (Phi) is 4.14. The normalized spacial score (nSPS) is 23.9. The molecule has 1 amide bonds. The van der Waals surface area contributed by atoms with Gasteiger partial charge in [0.1, 0.15) is 5.82 Å². The van der Waals surface area contributed by atoms with Gasteiger partial charge in [0.2, 0.25) is 5.91 Å². The molecule has 0 saturated carbocycles. The molecule has 2 aliphatic rings. The predicted octanol–water partition coefficient (Wildman–Crippen LogP) is 3.29. The lowest BCUT2D eigenvalue weighted by molar-refractivity contribution is -0.131. The molecule has 0 bridgehead atoms. The van der Waals surface area contributed by atoms with Gasteiger partial charge in [-0.25, -0.2) is 4.39 Å². The van der Waals surface area contributed by atoms with Crippen LogP contribution in [0.3, 0.4) is 0 Å². The maximum atomic E-state index is 13.3. The monoisotopic (exact) mass is 344 g/mol. The number of hydrogen-bond acceptors (Lipinski definition) is 3. The van der Waals surface area contributed by atoms with Crippen molar-refractivity contribution in [3.05, 3.63) is 57.5 Å². The molecule has 4 rings (SSSR count). The van der Waals surface area contributed by atoms with E-state index in [9.17, 15) is 9.18 Å². The zero-order chi connectivity index (χ0) is 16.7. The van der Waals surface area contributed by atoms with Crippen LogP contribution in [0.2, 0.25) is 0 Å². The van der Waals surface area contributed by atoms with Crippen LogP contribution in [0.25, 0.3) is 0 Å². The molecule has 0 aliphatic carbocycles. The molecule has 2 aromatic rings. The van der Waals surface area contributed by atoms with Gasteiger partial charge in [-0.15, -0.1) is 11.3 Å². The van der Waals surface area contributed by atoms with Crippen LogP contribution in [-0.4, -0.2) is 35.3 Å². The lowest BCUT2D eigenvalue weighted by Crippen LogP contribution is -2.32. The van der Waals surface area contributed by atoms with Gasteiger partial charge < -0.3 is 4.90 Å². The van der Waals surface area contributed by atoms with Crippen molar-refractivity contribution in [1.29, 1.82) is 0 Å². The molecule has 2 saturated heterocycles. The second-order valence-electron chi connectivity index (χ2n) is 6.92. The van der Waals surface area contributed by atoms with Crippen molar-refractivity contribution >= 4 is 17.2 Å². The summed E-state index contributed by atoms with van der Waals surface area (Å²) in [6, 6.07) is 10.9. The summed E-state index contributed by atoms with van der Waals surface area (Å²) in [4.78, 5) is 19.7. The number of carbonyl (C=O) groups excluding carboxylic acids is 1. The third-order valence-electron chi connectivity index (χ3n) is 5.04. The Hall–Kier alpha value is -1.72. The van der Waals surface area contributed by atoms with Crippen LogP contribution in [0.15, 0.2) is 36.4 Å². The first-order valence-electron chi connectivity index (χ1n) is 8.39. The fourth-order valence-electron chi connectivity index (χ4n) is 3.95. The molecule has 3 nitrogen and oxygen atoms in total. The molecule has 24 heavy (non-hydrogen) atoms. The molecule has 0 N–H and O–H groups in total. The highest BCUT2D eigenvalue weighted by molar-refractivity contribution is 7.11. The molecule has 2 aliphatic heterocycles. The van der Waals surface area contributed by atoms with Crippen molar-refractivity contribution in [3.8, 4) is 0 Å². The SMILES string of the molecule is Cc1ccc(CN2C[C@H]3CN(Cc4cccc(F)c4)C(=O)[C@H]3C2)s1. The maximum Gasteiger partial charge on any atom is 0.227 e. The fraction of sp³-hybridized carbons (Fsp3) is 0.421. The van der Waals surface area contributed by atoms with E-state index >= 15 is 0 Å². The summed E-state index contributed by atoms with van der Waals surface area (Å²) in [5.74, 6) is 0.512. The van der Waals surface area contributed by atoms with E-state index in [4.69, 9.17) is 0 Å². The number of thiophene rings is 1. The van der Waals surface area contributed by atoms with Crippen LogP contribution in [-0.2, 0) is 17.9 Å². The Balaban J connectivity index is 1.37. The molecule has 0 spiro atoms. The molecule has 2 atom stereocenters. The van der Waals surface area contributed by atoms with Crippen LogP contribution < -0.4 is 0 Å². The third kappa shape index (κ3) is 3.10. The number of carbonyl (C=O) groups is 1. The van der Waals surface area contributed by atoms with Gasteiger partial charge in [-0.3, -0.25) is 9.69 Å². The number of benzene rings is 1. The van der Waals surface area contributed by atoms with Gasteiger partial charge in [-0.05, 0) is 36.8 Å². The fourth-order valence-corrected chi connectivity index (χ4v) is 4.88. The van der Waals surface area contributed by atoms with Gasteiger partial charge in [-0.2, -0.15) is 0 Å². The molecular formula is C19H21FN2OS. The second kappa shape index (κ2) is 6.30. The Labute approximate surface area is 145 Å². The van der Waals surface area contributed by atoms with Gasteiger partial charge in [-0.1, -0.05) is 12.1 Å².